The summed E-state index contributed by atoms with van der Waals surface area (Å²) in [5, 5.41) is 11.3. The maximum absolute atomic E-state index is 12.4. The Hall–Kier alpha value is -2.74. The van der Waals surface area contributed by atoms with Crippen LogP contribution in [-0.4, -0.2) is 30.9 Å². The number of carbonyl (C=O) groups excluding carboxylic acids is 1. The molecule has 0 fully saturated rings. The summed E-state index contributed by atoms with van der Waals surface area (Å²) in [6.07, 6.45) is 1.97. The molecule has 7 nitrogen and oxygen atoms in total. The van der Waals surface area contributed by atoms with Crippen LogP contribution < -0.4 is 9.47 Å². The molecule has 0 amide bonds. The van der Waals surface area contributed by atoms with Gasteiger partial charge in [-0.25, -0.2) is 4.79 Å². The zero-order valence-corrected chi connectivity index (χ0v) is 15.5. The Morgan fingerprint density at radius 3 is 2.42 bits per heavy atom. The van der Waals surface area contributed by atoms with Gasteiger partial charge in [0.05, 0.1) is 24.7 Å². The molecule has 0 heterocycles. The molecule has 0 aliphatic heterocycles. The molecule has 138 valence electrons. The number of thioether (sulfide) groups is 1. The summed E-state index contributed by atoms with van der Waals surface area (Å²) >= 11 is 1.61. The van der Waals surface area contributed by atoms with Crippen molar-refractivity contribution < 1.29 is 23.9 Å². The minimum absolute atomic E-state index is 0.0145. The van der Waals surface area contributed by atoms with Crippen molar-refractivity contribution in [2.75, 3.05) is 20.0 Å². The van der Waals surface area contributed by atoms with Crippen molar-refractivity contribution in [1.82, 2.24) is 0 Å². The molecule has 2 aromatic rings. The molecule has 0 saturated carbocycles. The third-order valence-corrected chi connectivity index (χ3v) is 4.27. The molecular weight excluding hydrogens is 358 g/mol. The van der Waals surface area contributed by atoms with Gasteiger partial charge < -0.3 is 14.2 Å². The van der Waals surface area contributed by atoms with Crippen LogP contribution in [0.4, 0.5) is 5.69 Å². The molecule has 0 spiro atoms. The van der Waals surface area contributed by atoms with Gasteiger partial charge in [0.15, 0.2) is 11.5 Å². The Labute approximate surface area is 155 Å². The second-order valence-electron chi connectivity index (χ2n) is 5.13. The van der Waals surface area contributed by atoms with Gasteiger partial charge in [0.25, 0.3) is 5.69 Å². The average Bonchev–Trinajstić information content (AvgIpc) is 2.66. The molecule has 2 rings (SSSR count). The van der Waals surface area contributed by atoms with Gasteiger partial charge in [0.2, 0.25) is 0 Å². The summed E-state index contributed by atoms with van der Waals surface area (Å²) in [7, 11) is 1.37. The maximum Gasteiger partial charge on any atom is 0.345 e. The molecule has 0 aliphatic rings. The van der Waals surface area contributed by atoms with Crippen LogP contribution in [-0.2, 0) is 11.3 Å². The van der Waals surface area contributed by atoms with Crippen molar-refractivity contribution in [2.45, 2.75) is 18.4 Å². The minimum Gasteiger partial charge on any atom is -0.493 e. The first-order valence-electron chi connectivity index (χ1n) is 7.79. The van der Waals surface area contributed by atoms with Crippen LogP contribution in [0.15, 0.2) is 41.3 Å². The summed E-state index contributed by atoms with van der Waals surface area (Å²) in [6, 6.07) is 9.95. The van der Waals surface area contributed by atoms with E-state index in [-0.39, 0.29) is 23.7 Å². The van der Waals surface area contributed by atoms with E-state index in [1.165, 1.54) is 13.2 Å². The van der Waals surface area contributed by atoms with Crippen LogP contribution in [0.3, 0.4) is 0 Å². The maximum atomic E-state index is 12.4. The van der Waals surface area contributed by atoms with E-state index in [0.717, 1.165) is 16.5 Å². The van der Waals surface area contributed by atoms with Crippen LogP contribution in [0.5, 0.6) is 11.5 Å². The van der Waals surface area contributed by atoms with Crippen molar-refractivity contribution >= 4 is 23.4 Å². The van der Waals surface area contributed by atoms with Gasteiger partial charge in [-0.05, 0) is 30.9 Å². The van der Waals surface area contributed by atoms with Gasteiger partial charge in [-0.15, -0.1) is 11.8 Å². The molecule has 0 atom stereocenters. The van der Waals surface area contributed by atoms with Gasteiger partial charge in [-0.1, -0.05) is 12.1 Å². The highest BCUT2D eigenvalue weighted by atomic mass is 32.2. The Bertz CT molecular complexity index is 791. The van der Waals surface area contributed by atoms with Crippen molar-refractivity contribution in [3.8, 4) is 11.5 Å². The summed E-state index contributed by atoms with van der Waals surface area (Å²) in [4.78, 5) is 24.1. The lowest BCUT2D eigenvalue weighted by atomic mass is 10.1. The fraction of sp³-hybridized carbons (Fsp3) is 0.278. The lowest BCUT2D eigenvalue weighted by Crippen LogP contribution is -2.09. The number of nitro benzene ring substituents is 1. The summed E-state index contributed by atoms with van der Waals surface area (Å²) in [5.74, 6) is -0.367. The number of nitrogens with zero attached hydrogens (tertiary/aromatic N) is 1. The number of nitro groups is 1. The highest BCUT2D eigenvalue weighted by Crippen LogP contribution is 2.35. The van der Waals surface area contributed by atoms with Gasteiger partial charge in [0.1, 0.15) is 12.2 Å². The summed E-state index contributed by atoms with van der Waals surface area (Å²) < 4.78 is 15.7. The van der Waals surface area contributed by atoms with Gasteiger partial charge in [-0.3, -0.25) is 10.1 Å². The molecule has 26 heavy (non-hydrogen) atoms. The van der Waals surface area contributed by atoms with Crippen molar-refractivity contribution in [1.29, 1.82) is 0 Å². The molecular formula is C18H19NO6S. The number of hydrogen-bond acceptors (Lipinski definition) is 7. The second kappa shape index (κ2) is 9.10. The fourth-order valence-corrected chi connectivity index (χ4v) is 2.65. The van der Waals surface area contributed by atoms with E-state index in [1.807, 2.05) is 30.5 Å². The quantitative estimate of drug-likeness (QED) is 0.296. The van der Waals surface area contributed by atoms with Crippen molar-refractivity contribution in [2.24, 2.45) is 0 Å². The van der Waals surface area contributed by atoms with E-state index in [9.17, 15) is 14.9 Å². The molecule has 0 radical (unpaired) electrons. The highest BCUT2D eigenvalue weighted by Gasteiger charge is 2.25. The topological polar surface area (TPSA) is 87.9 Å². The molecule has 0 aliphatic carbocycles. The largest absolute Gasteiger partial charge is 0.493 e. The second-order valence-corrected chi connectivity index (χ2v) is 6.01. The van der Waals surface area contributed by atoms with Crippen LogP contribution in [0.1, 0.15) is 22.8 Å². The van der Waals surface area contributed by atoms with Crippen LogP contribution in [0.2, 0.25) is 0 Å². The van der Waals surface area contributed by atoms with Crippen LogP contribution in [0, 0.1) is 10.1 Å². The zero-order valence-electron chi connectivity index (χ0n) is 14.7. The van der Waals surface area contributed by atoms with Gasteiger partial charge in [-0.2, -0.15) is 0 Å². The third-order valence-electron chi connectivity index (χ3n) is 3.53. The molecule has 2 aromatic carbocycles. The van der Waals surface area contributed by atoms with E-state index >= 15 is 0 Å². The van der Waals surface area contributed by atoms with Crippen LogP contribution >= 0.6 is 11.8 Å². The number of esters is 1. The molecule has 0 bridgehead atoms. The first kappa shape index (κ1) is 19.6. The Kier molecular flexibility index (Phi) is 6.85. The van der Waals surface area contributed by atoms with E-state index in [2.05, 4.69) is 0 Å². The highest BCUT2D eigenvalue weighted by molar-refractivity contribution is 7.98. The molecule has 0 aromatic heterocycles. The Morgan fingerprint density at radius 2 is 1.88 bits per heavy atom. The van der Waals surface area contributed by atoms with E-state index in [1.54, 1.807) is 18.7 Å². The van der Waals surface area contributed by atoms with Crippen molar-refractivity contribution in [3.05, 3.63) is 57.6 Å². The summed E-state index contributed by atoms with van der Waals surface area (Å²) in [5.41, 5.74) is 0.213. The monoisotopic (exact) mass is 377 g/mol. The lowest BCUT2D eigenvalue weighted by Gasteiger charge is -2.12. The first-order valence-corrected chi connectivity index (χ1v) is 9.01. The van der Waals surface area contributed by atoms with Gasteiger partial charge >= 0.3 is 5.97 Å². The average molecular weight is 377 g/mol. The minimum atomic E-state index is -0.797. The SMILES string of the molecule is CCOc1cc(C(=O)OCc2ccc(SC)cc2)c([N+](=O)[O-])cc1OC. The lowest BCUT2D eigenvalue weighted by molar-refractivity contribution is -0.385. The van der Waals surface area contributed by atoms with Crippen LogP contribution in [0.25, 0.3) is 0 Å². The fourth-order valence-electron chi connectivity index (χ4n) is 2.24. The number of rotatable bonds is 8. The first-order chi connectivity index (χ1) is 12.5. The number of hydrogen-bond donors (Lipinski definition) is 0. The Balaban J connectivity index is 2.24. The molecule has 0 N–H and O–H groups in total. The number of benzene rings is 2. The standard InChI is InChI=1S/C18H19NO6S/c1-4-24-17-9-14(15(19(21)22)10-16(17)23-2)18(20)25-11-12-5-7-13(26-3)8-6-12/h5-10H,4,11H2,1-3H3. The predicted molar refractivity (Wildman–Crippen MR) is 98.2 cm³/mol. The van der Waals surface area contributed by atoms with E-state index in [0.29, 0.717) is 6.61 Å². The number of carbonyl (C=O) groups is 1. The summed E-state index contributed by atoms with van der Waals surface area (Å²) in [6.45, 7) is 2.10. The molecule has 0 saturated heterocycles. The third kappa shape index (κ3) is 4.66. The number of ether oxygens (including phenoxy) is 3. The smallest absolute Gasteiger partial charge is 0.345 e. The van der Waals surface area contributed by atoms with Gasteiger partial charge in [0, 0.05) is 11.0 Å². The Morgan fingerprint density at radius 1 is 1.19 bits per heavy atom. The zero-order chi connectivity index (χ0) is 19.1. The van der Waals surface area contributed by atoms with E-state index in [4.69, 9.17) is 14.2 Å². The predicted octanol–water partition coefficient (Wildman–Crippen LogP) is 4.08. The molecule has 0 unspecified atom stereocenters. The van der Waals surface area contributed by atoms with E-state index < -0.39 is 16.6 Å². The number of methoxy groups -OCH3 is 1. The normalized spacial score (nSPS) is 10.3. The molecule has 8 heteroatoms. The van der Waals surface area contributed by atoms with Crippen molar-refractivity contribution in [3.63, 3.8) is 0 Å².